The quantitative estimate of drug-likeness (QED) is 0.915. The Bertz CT molecular complexity index is 721. The number of likely N-dealkylation sites (tertiary alicyclic amines) is 1. The van der Waals surface area contributed by atoms with Crippen LogP contribution < -0.4 is 5.32 Å². The minimum atomic E-state index is -0.132. The van der Waals surface area contributed by atoms with Gasteiger partial charge in [-0.05, 0) is 37.8 Å². The molecule has 0 aromatic carbocycles. The van der Waals surface area contributed by atoms with Crippen molar-refractivity contribution in [3.05, 3.63) is 35.8 Å². The lowest BCUT2D eigenvalue weighted by Gasteiger charge is -2.25. The van der Waals surface area contributed by atoms with Gasteiger partial charge in [-0.1, -0.05) is 0 Å². The normalized spacial score (nSPS) is 23.3. The summed E-state index contributed by atoms with van der Waals surface area (Å²) in [6.45, 7) is 7.64. The number of nitrogens with zero attached hydrogens (tertiary/aromatic N) is 4. The molecule has 2 aromatic rings. The first-order chi connectivity index (χ1) is 11.6. The van der Waals surface area contributed by atoms with E-state index in [2.05, 4.69) is 20.4 Å². The van der Waals surface area contributed by atoms with Crippen molar-refractivity contribution in [1.82, 2.24) is 25.0 Å². The van der Waals surface area contributed by atoms with E-state index in [1.54, 1.807) is 6.26 Å². The van der Waals surface area contributed by atoms with E-state index in [4.69, 9.17) is 4.42 Å². The molecule has 128 valence electrons. The topological polar surface area (TPSA) is 76.2 Å². The second-order valence-electron chi connectivity index (χ2n) is 7.18. The number of nitrogens with one attached hydrogen (secondary N) is 1. The van der Waals surface area contributed by atoms with Gasteiger partial charge in [0.1, 0.15) is 11.6 Å². The van der Waals surface area contributed by atoms with Crippen LogP contribution in [0.2, 0.25) is 0 Å². The Morgan fingerprint density at radius 2 is 2.17 bits per heavy atom. The van der Waals surface area contributed by atoms with Crippen molar-refractivity contribution in [1.29, 1.82) is 0 Å². The monoisotopic (exact) mass is 329 g/mol. The van der Waals surface area contributed by atoms with Crippen LogP contribution in [0.15, 0.2) is 22.8 Å². The minimum absolute atomic E-state index is 0.0945. The molecule has 1 saturated heterocycles. The highest BCUT2D eigenvalue weighted by molar-refractivity contribution is 5.90. The molecule has 1 N–H and O–H groups in total. The average molecular weight is 329 g/mol. The van der Waals surface area contributed by atoms with Gasteiger partial charge in [0.2, 0.25) is 5.82 Å². The molecule has 4 heterocycles. The van der Waals surface area contributed by atoms with Gasteiger partial charge in [0, 0.05) is 32.1 Å². The summed E-state index contributed by atoms with van der Waals surface area (Å²) in [4.78, 5) is 14.7. The maximum Gasteiger partial charge on any atom is 0.289 e. The van der Waals surface area contributed by atoms with Crippen LogP contribution in [0.1, 0.15) is 36.1 Å². The molecule has 4 rings (SSSR count). The zero-order chi connectivity index (χ0) is 16.7. The maximum absolute atomic E-state index is 12.3. The summed E-state index contributed by atoms with van der Waals surface area (Å²) in [5.41, 5.74) is 0. The number of hydrogen-bond donors (Lipinski definition) is 1. The second kappa shape index (κ2) is 6.05. The van der Waals surface area contributed by atoms with Crippen LogP contribution in [0, 0.1) is 11.8 Å². The highest BCUT2D eigenvalue weighted by Gasteiger charge is 2.39. The number of furan rings is 1. The van der Waals surface area contributed by atoms with Crippen LogP contribution in [-0.2, 0) is 19.5 Å². The van der Waals surface area contributed by atoms with E-state index in [0.717, 1.165) is 44.2 Å². The number of rotatable bonds is 4. The van der Waals surface area contributed by atoms with Gasteiger partial charge in [-0.15, -0.1) is 10.2 Å². The first kappa shape index (κ1) is 15.4. The van der Waals surface area contributed by atoms with Crippen LogP contribution in [0.5, 0.6) is 0 Å². The Morgan fingerprint density at radius 3 is 2.92 bits per heavy atom. The lowest BCUT2D eigenvalue weighted by molar-refractivity contribution is 0.0924. The Hall–Kier alpha value is -2.15. The standard InChI is InChI=1S/C17H23N5O2/c1-11(2)18-17(23)16-20-19-15-6-12-7-21(8-13(12)9-22(15)16)10-14-4-3-5-24-14/h3-5,11-13H,6-10H2,1-2H3,(H,18,23)/t12-,13-/m0/s1. The van der Waals surface area contributed by atoms with Gasteiger partial charge in [0.15, 0.2) is 0 Å². The van der Waals surface area contributed by atoms with Gasteiger partial charge in [-0.25, -0.2) is 0 Å². The third-order valence-electron chi connectivity index (χ3n) is 4.92. The van der Waals surface area contributed by atoms with Crippen LogP contribution >= 0.6 is 0 Å². The van der Waals surface area contributed by atoms with Gasteiger partial charge in [0.25, 0.3) is 5.91 Å². The first-order valence-corrected chi connectivity index (χ1v) is 8.58. The summed E-state index contributed by atoms with van der Waals surface area (Å²) in [5, 5.41) is 11.3. The summed E-state index contributed by atoms with van der Waals surface area (Å²) in [5.74, 6) is 3.37. The van der Waals surface area contributed by atoms with Crippen molar-refractivity contribution in [2.45, 2.75) is 39.4 Å². The van der Waals surface area contributed by atoms with Gasteiger partial charge >= 0.3 is 0 Å². The zero-order valence-corrected chi connectivity index (χ0v) is 14.1. The third kappa shape index (κ3) is 2.84. The highest BCUT2D eigenvalue weighted by atomic mass is 16.3. The highest BCUT2D eigenvalue weighted by Crippen LogP contribution is 2.33. The average Bonchev–Trinajstić information content (AvgIpc) is 3.22. The molecule has 2 aliphatic rings. The largest absolute Gasteiger partial charge is 0.468 e. The van der Waals surface area contributed by atoms with E-state index in [1.165, 1.54) is 0 Å². The Balaban J connectivity index is 1.46. The summed E-state index contributed by atoms with van der Waals surface area (Å²) in [6, 6.07) is 4.04. The molecule has 0 bridgehead atoms. The Kier molecular flexibility index (Phi) is 3.88. The number of carbonyl (C=O) groups is 1. The van der Waals surface area contributed by atoms with Crippen molar-refractivity contribution in [3.8, 4) is 0 Å². The first-order valence-electron chi connectivity index (χ1n) is 8.58. The van der Waals surface area contributed by atoms with Gasteiger partial charge in [-0.3, -0.25) is 9.69 Å². The van der Waals surface area contributed by atoms with Crippen molar-refractivity contribution in [2.24, 2.45) is 11.8 Å². The minimum Gasteiger partial charge on any atom is -0.468 e. The molecule has 0 aliphatic carbocycles. The van der Waals surface area contributed by atoms with Gasteiger partial charge in [0.05, 0.1) is 12.8 Å². The van der Waals surface area contributed by atoms with E-state index in [9.17, 15) is 4.79 Å². The fraction of sp³-hybridized carbons (Fsp3) is 0.588. The van der Waals surface area contributed by atoms with Crippen LogP contribution in [-0.4, -0.2) is 44.7 Å². The molecule has 2 aliphatic heterocycles. The number of carbonyl (C=O) groups excluding carboxylic acids is 1. The van der Waals surface area contributed by atoms with E-state index < -0.39 is 0 Å². The summed E-state index contributed by atoms with van der Waals surface area (Å²) in [6.07, 6.45) is 2.61. The lowest BCUT2D eigenvalue weighted by atomic mass is 9.89. The molecule has 0 unspecified atom stereocenters. The molecule has 0 radical (unpaired) electrons. The molecule has 7 nitrogen and oxygen atoms in total. The zero-order valence-electron chi connectivity index (χ0n) is 14.1. The van der Waals surface area contributed by atoms with Crippen molar-refractivity contribution in [3.63, 3.8) is 0 Å². The molecule has 0 saturated carbocycles. The molecular weight excluding hydrogens is 306 g/mol. The molecule has 0 spiro atoms. The number of fused-ring (bicyclic) bond motifs is 2. The van der Waals surface area contributed by atoms with E-state index in [-0.39, 0.29) is 11.9 Å². The predicted molar refractivity (Wildman–Crippen MR) is 87.3 cm³/mol. The number of hydrogen-bond acceptors (Lipinski definition) is 5. The molecule has 1 fully saturated rings. The van der Waals surface area contributed by atoms with E-state index >= 15 is 0 Å². The molecule has 2 atom stereocenters. The fourth-order valence-electron chi connectivity index (χ4n) is 3.87. The van der Waals surface area contributed by atoms with Gasteiger partial charge < -0.3 is 14.3 Å². The Labute approximate surface area is 141 Å². The second-order valence-corrected chi connectivity index (χ2v) is 7.18. The molecular formula is C17H23N5O2. The third-order valence-corrected chi connectivity index (χ3v) is 4.92. The molecule has 24 heavy (non-hydrogen) atoms. The van der Waals surface area contributed by atoms with Gasteiger partial charge in [-0.2, -0.15) is 0 Å². The summed E-state index contributed by atoms with van der Waals surface area (Å²) >= 11 is 0. The SMILES string of the molecule is CC(C)NC(=O)c1nnc2n1C[C@@H]1CN(Cc3ccco3)C[C@@H]1C2. The van der Waals surface area contributed by atoms with Crippen molar-refractivity contribution < 1.29 is 9.21 Å². The van der Waals surface area contributed by atoms with E-state index in [0.29, 0.717) is 17.7 Å². The lowest BCUT2D eigenvalue weighted by Crippen LogP contribution is -2.35. The smallest absolute Gasteiger partial charge is 0.289 e. The van der Waals surface area contributed by atoms with Crippen LogP contribution in [0.25, 0.3) is 0 Å². The molecule has 1 amide bonds. The molecule has 2 aromatic heterocycles. The van der Waals surface area contributed by atoms with Crippen LogP contribution in [0.3, 0.4) is 0 Å². The van der Waals surface area contributed by atoms with E-state index in [1.807, 2.05) is 30.5 Å². The molecule has 7 heteroatoms. The summed E-state index contributed by atoms with van der Waals surface area (Å²) in [7, 11) is 0. The fourth-order valence-corrected chi connectivity index (χ4v) is 3.87. The maximum atomic E-state index is 12.3. The Morgan fingerprint density at radius 1 is 1.33 bits per heavy atom. The van der Waals surface area contributed by atoms with Crippen molar-refractivity contribution >= 4 is 5.91 Å². The van der Waals surface area contributed by atoms with Crippen LogP contribution in [0.4, 0.5) is 0 Å². The number of amides is 1. The predicted octanol–water partition coefficient (Wildman–Crippen LogP) is 1.31. The van der Waals surface area contributed by atoms with Crippen molar-refractivity contribution in [2.75, 3.05) is 13.1 Å². The summed E-state index contributed by atoms with van der Waals surface area (Å²) < 4.78 is 7.47. The number of aromatic nitrogens is 3.